The number of carbonyl (C=O) groups excluding carboxylic acids is 1. The van der Waals surface area contributed by atoms with E-state index in [1.807, 2.05) is 41.8 Å². The van der Waals surface area contributed by atoms with E-state index in [2.05, 4.69) is 10.3 Å². The van der Waals surface area contributed by atoms with Crippen molar-refractivity contribution >= 4 is 16.9 Å². The summed E-state index contributed by atoms with van der Waals surface area (Å²) in [6, 6.07) is 6.08. The minimum atomic E-state index is 0.0971. The molecule has 0 spiro atoms. The lowest BCUT2D eigenvalue weighted by Crippen LogP contribution is -2.36. The molecule has 1 amide bonds. The summed E-state index contributed by atoms with van der Waals surface area (Å²) in [6.07, 6.45) is 7.29. The quantitative estimate of drug-likeness (QED) is 0.818. The second kappa shape index (κ2) is 6.46. The molecule has 1 aliphatic carbocycles. The van der Waals surface area contributed by atoms with E-state index in [1.165, 1.54) is 25.7 Å². The highest BCUT2D eigenvalue weighted by Gasteiger charge is 2.22. The first kappa shape index (κ1) is 15.0. The molecule has 22 heavy (non-hydrogen) atoms. The van der Waals surface area contributed by atoms with Gasteiger partial charge in [-0.1, -0.05) is 30.9 Å². The van der Waals surface area contributed by atoms with Gasteiger partial charge in [-0.3, -0.25) is 4.79 Å². The fraction of sp³-hybridized carbons (Fsp3) is 0.588. The van der Waals surface area contributed by atoms with E-state index < -0.39 is 0 Å². The van der Waals surface area contributed by atoms with Crippen molar-refractivity contribution < 1.29 is 4.79 Å². The second-order valence-corrected chi connectivity index (χ2v) is 6.17. The van der Waals surface area contributed by atoms with Crippen LogP contribution in [0.5, 0.6) is 0 Å². The maximum absolute atomic E-state index is 12.7. The van der Waals surface area contributed by atoms with Gasteiger partial charge >= 0.3 is 0 Å². The SMILES string of the molecule is CCn1nnc2cc(C(=O)N(C)C3CCCCCC3)ccc21. The normalized spacial score (nSPS) is 16.6. The smallest absolute Gasteiger partial charge is 0.253 e. The van der Waals surface area contributed by atoms with Gasteiger partial charge in [-0.2, -0.15) is 0 Å². The Morgan fingerprint density at radius 2 is 2.00 bits per heavy atom. The van der Waals surface area contributed by atoms with Crippen LogP contribution in [0.1, 0.15) is 55.8 Å². The molecule has 0 atom stereocenters. The lowest BCUT2D eigenvalue weighted by molar-refractivity contribution is 0.0718. The topological polar surface area (TPSA) is 51.0 Å². The standard InChI is InChI=1S/C17H24N4O/c1-3-21-16-11-10-13(12-15(16)18-19-21)17(22)20(2)14-8-6-4-5-7-9-14/h10-12,14H,3-9H2,1-2H3. The highest BCUT2D eigenvalue weighted by atomic mass is 16.2. The van der Waals surface area contributed by atoms with Gasteiger partial charge in [-0.25, -0.2) is 4.68 Å². The summed E-state index contributed by atoms with van der Waals surface area (Å²) in [5, 5.41) is 8.26. The molecule has 1 saturated carbocycles. The monoisotopic (exact) mass is 300 g/mol. The maximum Gasteiger partial charge on any atom is 0.253 e. The third kappa shape index (κ3) is 2.85. The zero-order valence-electron chi connectivity index (χ0n) is 13.5. The predicted molar refractivity (Wildman–Crippen MR) is 86.8 cm³/mol. The summed E-state index contributed by atoms with van der Waals surface area (Å²) in [5.41, 5.74) is 2.49. The minimum Gasteiger partial charge on any atom is -0.339 e. The molecular formula is C17H24N4O. The van der Waals surface area contributed by atoms with E-state index in [1.54, 1.807) is 0 Å². The van der Waals surface area contributed by atoms with Gasteiger partial charge in [0.1, 0.15) is 5.52 Å². The summed E-state index contributed by atoms with van der Waals surface area (Å²) in [4.78, 5) is 14.7. The van der Waals surface area contributed by atoms with Gasteiger partial charge in [0.15, 0.2) is 0 Å². The number of nitrogens with zero attached hydrogens (tertiary/aromatic N) is 4. The van der Waals surface area contributed by atoms with Crippen molar-refractivity contribution in [2.24, 2.45) is 0 Å². The Kier molecular flexibility index (Phi) is 4.41. The average Bonchev–Trinajstić information content (AvgIpc) is 2.77. The Balaban J connectivity index is 1.81. The molecule has 1 heterocycles. The fourth-order valence-corrected chi connectivity index (χ4v) is 3.35. The van der Waals surface area contributed by atoms with E-state index in [0.29, 0.717) is 11.6 Å². The van der Waals surface area contributed by atoms with Crippen LogP contribution in [0.3, 0.4) is 0 Å². The average molecular weight is 300 g/mol. The molecule has 1 fully saturated rings. The second-order valence-electron chi connectivity index (χ2n) is 6.17. The van der Waals surface area contributed by atoms with E-state index in [4.69, 9.17) is 0 Å². The van der Waals surface area contributed by atoms with Crippen LogP contribution in [0, 0.1) is 0 Å². The molecule has 1 aromatic carbocycles. The number of hydrogen-bond donors (Lipinski definition) is 0. The summed E-state index contributed by atoms with van der Waals surface area (Å²) in [7, 11) is 1.94. The Hall–Kier alpha value is -1.91. The third-order valence-corrected chi connectivity index (χ3v) is 4.75. The molecule has 0 aliphatic heterocycles. The predicted octanol–water partition coefficient (Wildman–Crippen LogP) is 3.25. The van der Waals surface area contributed by atoms with Crippen LogP contribution in [0.2, 0.25) is 0 Å². The molecule has 118 valence electrons. The van der Waals surface area contributed by atoms with Crippen LogP contribution in [0.25, 0.3) is 11.0 Å². The first-order valence-electron chi connectivity index (χ1n) is 8.31. The van der Waals surface area contributed by atoms with Crippen molar-refractivity contribution in [3.05, 3.63) is 23.8 Å². The van der Waals surface area contributed by atoms with Gasteiger partial charge in [0.25, 0.3) is 5.91 Å². The van der Waals surface area contributed by atoms with Gasteiger partial charge in [-0.05, 0) is 38.0 Å². The molecule has 0 bridgehead atoms. The Labute approximate surface area is 131 Å². The highest BCUT2D eigenvalue weighted by molar-refractivity contribution is 5.97. The number of aryl methyl sites for hydroxylation is 1. The van der Waals surface area contributed by atoms with E-state index >= 15 is 0 Å². The van der Waals surface area contributed by atoms with Crippen LogP contribution in [0.15, 0.2) is 18.2 Å². The van der Waals surface area contributed by atoms with Crippen LogP contribution in [-0.2, 0) is 6.54 Å². The lowest BCUT2D eigenvalue weighted by Gasteiger charge is -2.27. The van der Waals surface area contributed by atoms with Gasteiger partial charge < -0.3 is 4.90 Å². The molecule has 5 nitrogen and oxygen atoms in total. The van der Waals surface area contributed by atoms with E-state index in [0.717, 1.165) is 30.4 Å². The molecule has 1 aromatic heterocycles. The zero-order chi connectivity index (χ0) is 15.5. The molecule has 1 aliphatic rings. The van der Waals surface area contributed by atoms with Gasteiger partial charge in [0.2, 0.25) is 0 Å². The summed E-state index contributed by atoms with van der Waals surface area (Å²) in [5.74, 6) is 0.0971. The van der Waals surface area contributed by atoms with Gasteiger partial charge in [0, 0.05) is 25.2 Å². The molecular weight excluding hydrogens is 276 g/mol. The maximum atomic E-state index is 12.7. The van der Waals surface area contributed by atoms with Crippen molar-refractivity contribution in [2.75, 3.05) is 7.05 Å². The van der Waals surface area contributed by atoms with Crippen molar-refractivity contribution in [3.8, 4) is 0 Å². The number of aromatic nitrogens is 3. The van der Waals surface area contributed by atoms with Gasteiger partial charge in [0.05, 0.1) is 5.52 Å². The minimum absolute atomic E-state index is 0.0971. The van der Waals surface area contributed by atoms with Gasteiger partial charge in [-0.15, -0.1) is 5.10 Å². The number of carbonyl (C=O) groups is 1. The number of benzene rings is 1. The largest absolute Gasteiger partial charge is 0.339 e. The molecule has 5 heteroatoms. The summed E-state index contributed by atoms with van der Waals surface area (Å²) >= 11 is 0. The molecule has 0 unspecified atom stereocenters. The highest BCUT2D eigenvalue weighted by Crippen LogP contribution is 2.23. The van der Waals surface area contributed by atoms with Crippen molar-refractivity contribution in [2.45, 2.75) is 58.0 Å². The molecule has 0 saturated heterocycles. The van der Waals surface area contributed by atoms with Crippen LogP contribution < -0.4 is 0 Å². The first-order valence-corrected chi connectivity index (χ1v) is 8.31. The van der Waals surface area contributed by atoms with Crippen molar-refractivity contribution in [1.82, 2.24) is 19.9 Å². The summed E-state index contributed by atoms with van der Waals surface area (Å²) < 4.78 is 1.85. The zero-order valence-corrected chi connectivity index (χ0v) is 13.5. The number of amides is 1. The Morgan fingerprint density at radius 3 is 2.68 bits per heavy atom. The third-order valence-electron chi connectivity index (χ3n) is 4.75. The van der Waals surface area contributed by atoms with Crippen LogP contribution >= 0.6 is 0 Å². The van der Waals surface area contributed by atoms with Crippen LogP contribution in [-0.4, -0.2) is 38.9 Å². The van der Waals surface area contributed by atoms with Crippen LogP contribution in [0.4, 0.5) is 0 Å². The fourth-order valence-electron chi connectivity index (χ4n) is 3.35. The molecule has 3 rings (SSSR count). The first-order chi connectivity index (χ1) is 10.7. The van der Waals surface area contributed by atoms with E-state index in [-0.39, 0.29) is 5.91 Å². The van der Waals surface area contributed by atoms with E-state index in [9.17, 15) is 4.79 Å². The number of fused-ring (bicyclic) bond motifs is 1. The van der Waals surface area contributed by atoms with Crippen molar-refractivity contribution in [1.29, 1.82) is 0 Å². The molecule has 0 N–H and O–H groups in total. The Bertz CT molecular complexity index is 656. The molecule has 0 radical (unpaired) electrons. The van der Waals surface area contributed by atoms with Crippen molar-refractivity contribution in [3.63, 3.8) is 0 Å². The number of rotatable bonds is 3. The molecule has 2 aromatic rings. The Morgan fingerprint density at radius 1 is 1.27 bits per heavy atom. The summed E-state index contributed by atoms with van der Waals surface area (Å²) in [6.45, 7) is 2.82. The lowest BCUT2D eigenvalue weighted by atomic mass is 10.1. The number of hydrogen-bond acceptors (Lipinski definition) is 3.